The molecule has 2 fully saturated rings. The standard InChI is InChI=1S/C23H26FNO4/c1-28-23(27)16-5-7-20(8-6-16)29-22-11-18-14-25(13-17(18)10-21(22)26)12-15-3-2-4-19(24)9-15/h2-9,17-18,21-22,26H,10-14H2,1H3/t17-,18+,21-,22-/m0/s1. The Labute approximate surface area is 170 Å². The van der Waals surface area contributed by atoms with Crippen LogP contribution in [0.25, 0.3) is 0 Å². The van der Waals surface area contributed by atoms with E-state index in [1.165, 1.54) is 13.2 Å². The molecule has 4 atom stereocenters. The highest BCUT2D eigenvalue weighted by molar-refractivity contribution is 5.89. The summed E-state index contributed by atoms with van der Waals surface area (Å²) < 4.78 is 24.2. The molecule has 1 heterocycles. The SMILES string of the molecule is COC(=O)c1ccc(O[C@H]2C[C@@H]3CN(Cc4cccc(F)c4)C[C@@H]3C[C@@H]2O)cc1. The van der Waals surface area contributed by atoms with Crippen molar-refractivity contribution in [2.24, 2.45) is 11.8 Å². The molecule has 5 nitrogen and oxygen atoms in total. The molecule has 0 aromatic heterocycles. The predicted octanol–water partition coefficient (Wildman–Crippen LogP) is 3.26. The quantitative estimate of drug-likeness (QED) is 0.782. The maximum absolute atomic E-state index is 13.4. The number of hydrogen-bond acceptors (Lipinski definition) is 5. The van der Waals surface area contributed by atoms with Crippen LogP contribution in [0.15, 0.2) is 48.5 Å². The van der Waals surface area contributed by atoms with E-state index in [9.17, 15) is 14.3 Å². The normalized spacial score (nSPS) is 26.7. The molecule has 4 rings (SSSR count). The van der Waals surface area contributed by atoms with Crippen LogP contribution in [0.1, 0.15) is 28.8 Å². The first kappa shape index (κ1) is 19.9. The number of ether oxygens (including phenoxy) is 2. The number of hydrogen-bond donors (Lipinski definition) is 1. The smallest absolute Gasteiger partial charge is 0.337 e. The molecule has 0 amide bonds. The summed E-state index contributed by atoms with van der Waals surface area (Å²) in [6.07, 6.45) is 0.694. The molecule has 6 heteroatoms. The van der Waals surface area contributed by atoms with Crippen LogP contribution in [0.2, 0.25) is 0 Å². The van der Waals surface area contributed by atoms with Gasteiger partial charge in [0.15, 0.2) is 0 Å². The maximum atomic E-state index is 13.4. The number of esters is 1. The topological polar surface area (TPSA) is 59.0 Å². The van der Waals surface area contributed by atoms with Crippen molar-refractivity contribution in [2.75, 3.05) is 20.2 Å². The third kappa shape index (κ3) is 4.60. The number of benzene rings is 2. The fraction of sp³-hybridized carbons (Fsp3) is 0.435. The van der Waals surface area contributed by atoms with Crippen molar-refractivity contribution in [1.82, 2.24) is 4.90 Å². The lowest BCUT2D eigenvalue weighted by Gasteiger charge is -2.35. The first-order chi connectivity index (χ1) is 14.0. The van der Waals surface area contributed by atoms with Gasteiger partial charge >= 0.3 is 5.97 Å². The zero-order chi connectivity index (χ0) is 20.4. The lowest BCUT2D eigenvalue weighted by atomic mass is 9.78. The first-order valence-corrected chi connectivity index (χ1v) is 10.0. The number of carbonyl (C=O) groups excluding carboxylic acids is 1. The highest BCUT2D eigenvalue weighted by Gasteiger charge is 2.42. The van der Waals surface area contributed by atoms with E-state index in [1.807, 2.05) is 6.07 Å². The molecule has 1 saturated heterocycles. The Balaban J connectivity index is 1.36. The molecule has 154 valence electrons. The molecule has 2 aliphatic rings. The predicted molar refractivity (Wildman–Crippen MR) is 106 cm³/mol. The van der Waals surface area contributed by atoms with Crippen LogP contribution in [-0.4, -0.2) is 48.4 Å². The van der Waals surface area contributed by atoms with Gasteiger partial charge in [0, 0.05) is 19.6 Å². The number of aliphatic hydroxyl groups excluding tert-OH is 1. The summed E-state index contributed by atoms with van der Waals surface area (Å²) in [4.78, 5) is 13.9. The fourth-order valence-corrected chi connectivity index (χ4v) is 4.60. The summed E-state index contributed by atoms with van der Waals surface area (Å²) in [6.45, 7) is 2.56. The monoisotopic (exact) mass is 399 g/mol. The molecule has 1 aliphatic heterocycles. The molecule has 0 spiro atoms. The van der Waals surface area contributed by atoms with Crippen LogP contribution < -0.4 is 4.74 Å². The zero-order valence-electron chi connectivity index (χ0n) is 16.5. The van der Waals surface area contributed by atoms with Crippen LogP contribution in [0.4, 0.5) is 4.39 Å². The van der Waals surface area contributed by atoms with Crippen LogP contribution in [-0.2, 0) is 11.3 Å². The van der Waals surface area contributed by atoms with Gasteiger partial charge in [-0.15, -0.1) is 0 Å². The second kappa shape index (κ2) is 8.51. The summed E-state index contributed by atoms with van der Waals surface area (Å²) in [5.74, 6) is 0.920. The van der Waals surface area contributed by atoms with Crippen molar-refractivity contribution in [3.8, 4) is 5.75 Å². The molecule has 0 unspecified atom stereocenters. The third-order valence-electron chi connectivity index (χ3n) is 6.02. The number of likely N-dealkylation sites (tertiary alicyclic amines) is 1. The molecule has 0 bridgehead atoms. The van der Waals surface area contributed by atoms with Gasteiger partial charge in [-0.05, 0) is 66.6 Å². The van der Waals surface area contributed by atoms with E-state index in [2.05, 4.69) is 4.90 Å². The Morgan fingerprint density at radius 1 is 1.14 bits per heavy atom. The van der Waals surface area contributed by atoms with Crippen LogP contribution in [0.3, 0.4) is 0 Å². The van der Waals surface area contributed by atoms with Gasteiger partial charge in [0.25, 0.3) is 0 Å². The van der Waals surface area contributed by atoms with Crippen LogP contribution in [0.5, 0.6) is 5.75 Å². The Hall–Kier alpha value is -2.44. The summed E-state index contributed by atoms with van der Waals surface area (Å²) in [5.41, 5.74) is 1.44. The van der Waals surface area contributed by atoms with Crippen molar-refractivity contribution < 1.29 is 23.8 Å². The molecule has 2 aromatic rings. The molecule has 0 radical (unpaired) electrons. The zero-order valence-corrected chi connectivity index (χ0v) is 16.5. The minimum Gasteiger partial charge on any atom is -0.488 e. The molecule has 1 N–H and O–H groups in total. The van der Waals surface area contributed by atoms with Gasteiger partial charge in [-0.1, -0.05) is 12.1 Å². The average Bonchev–Trinajstić information content (AvgIpc) is 3.09. The van der Waals surface area contributed by atoms with Gasteiger partial charge in [-0.2, -0.15) is 0 Å². The largest absolute Gasteiger partial charge is 0.488 e. The molecule has 29 heavy (non-hydrogen) atoms. The van der Waals surface area contributed by atoms with Crippen molar-refractivity contribution >= 4 is 5.97 Å². The number of aliphatic hydroxyl groups is 1. The first-order valence-electron chi connectivity index (χ1n) is 10.0. The Kier molecular flexibility index (Phi) is 5.83. The van der Waals surface area contributed by atoms with E-state index < -0.39 is 6.10 Å². The van der Waals surface area contributed by atoms with E-state index >= 15 is 0 Å². The lowest BCUT2D eigenvalue weighted by molar-refractivity contribution is -0.0231. The van der Waals surface area contributed by atoms with Gasteiger partial charge in [0.1, 0.15) is 17.7 Å². The Bertz CT molecular complexity index is 856. The van der Waals surface area contributed by atoms with Crippen molar-refractivity contribution in [3.05, 3.63) is 65.5 Å². The van der Waals surface area contributed by atoms with E-state index in [-0.39, 0.29) is 17.9 Å². The number of methoxy groups -OCH3 is 1. The maximum Gasteiger partial charge on any atom is 0.337 e. The molecular weight excluding hydrogens is 373 g/mol. The minimum absolute atomic E-state index is 0.207. The van der Waals surface area contributed by atoms with Crippen molar-refractivity contribution in [1.29, 1.82) is 0 Å². The summed E-state index contributed by atoms with van der Waals surface area (Å²) in [6, 6.07) is 13.5. The highest BCUT2D eigenvalue weighted by Crippen LogP contribution is 2.38. The number of nitrogens with zero attached hydrogens (tertiary/aromatic N) is 1. The number of halogens is 1. The van der Waals surface area contributed by atoms with Gasteiger partial charge < -0.3 is 14.6 Å². The summed E-state index contributed by atoms with van der Waals surface area (Å²) in [5, 5.41) is 10.6. The Morgan fingerprint density at radius 3 is 2.55 bits per heavy atom. The van der Waals surface area contributed by atoms with E-state index in [0.29, 0.717) is 29.6 Å². The fourth-order valence-electron chi connectivity index (χ4n) is 4.60. The van der Waals surface area contributed by atoms with Gasteiger partial charge in [-0.3, -0.25) is 4.90 Å². The lowest BCUT2D eigenvalue weighted by Crippen LogP contribution is -2.42. The van der Waals surface area contributed by atoms with E-state index in [0.717, 1.165) is 31.6 Å². The number of rotatable bonds is 5. The number of carbonyl (C=O) groups is 1. The second-order valence-corrected chi connectivity index (χ2v) is 8.06. The van der Waals surface area contributed by atoms with Gasteiger partial charge in [0.2, 0.25) is 0 Å². The second-order valence-electron chi connectivity index (χ2n) is 8.06. The average molecular weight is 399 g/mol. The summed E-state index contributed by atoms with van der Waals surface area (Å²) in [7, 11) is 1.35. The van der Waals surface area contributed by atoms with Crippen molar-refractivity contribution in [3.63, 3.8) is 0 Å². The molecule has 2 aromatic carbocycles. The Morgan fingerprint density at radius 2 is 1.86 bits per heavy atom. The molecule has 1 aliphatic carbocycles. The van der Waals surface area contributed by atoms with E-state index in [1.54, 1.807) is 36.4 Å². The molecule has 1 saturated carbocycles. The van der Waals surface area contributed by atoms with Crippen molar-refractivity contribution in [2.45, 2.75) is 31.6 Å². The minimum atomic E-state index is -0.523. The highest BCUT2D eigenvalue weighted by atomic mass is 19.1. The van der Waals surface area contributed by atoms with Gasteiger partial charge in [0.05, 0.1) is 18.8 Å². The third-order valence-corrected chi connectivity index (χ3v) is 6.02. The number of fused-ring (bicyclic) bond motifs is 1. The van der Waals surface area contributed by atoms with E-state index in [4.69, 9.17) is 9.47 Å². The molecular formula is C23H26FNO4. The van der Waals surface area contributed by atoms with Crippen LogP contribution >= 0.6 is 0 Å². The summed E-state index contributed by atoms with van der Waals surface area (Å²) >= 11 is 0. The van der Waals surface area contributed by atoms with Gasteiger partial charge in [-0.25, -0.2) is 9.18 Å². The van der Waals surface area contributed by atoms with Crippen LogP contribution in [0, 0.1) is 17.7 Å².